The van der Waals surface area contributed by atoms with E-state index in [9.17, 15) is 4.79 Å². The van der Waals surface area contributed by atoms with Crippen LogP contribution in [-0.4, -0.2) is 54.8 Å². The van der Waals surface area contributed by atoms with Crippen molar-refractivity contribution < 1.29 is 19.0 Å². The molecule has 2 aromatic rings. The van der Waals surface area contributed by atoms with Gasteiger partial charge < -0.3 is 14.2 Å². The van der Waals surface area contributed by atoms with E-state index in [0.717, 1.165) is 36.6 Å². The van der Waals surface area contributed by atoms with Gasteiger partial charge in [0.1, 0.15) is 25.1 Å². The maximum absolute atomic E-state index is 12.0. The van der Waals surface area contributed by atoms with Crippen molar-refractivity contribution in [2.75, 3.05) is 32.8 Å². The first-order valence-electron chi connectivity index (χ1n) is 10.4. The third-order valence-corrected chi connectivity index (χ3v) is 4.66. The summed E-state index contributed by atoms with van der Waals surface area (Å²) < 4.78 is 16.8. The molecule has 0 radical (unpaired) electrons. The van der Waals surface area contributed by atoms with E-state index in [1.165, 1.54) is 6.08 Å². The Morgan fingerprint density at radius 3 is 2.83 bits per heavy atom. The highest BCUT2D eigenvalue weighted by Crippen LogP contribution is 2.15. The molecule has 1 aromatic heterocycles. The van der Waals surface area contributed by atoms with Crippen LogP contribution in [0.25, 0.3) is 6.08 Å². The number of carbonyl (C=O) groups is 1. The molecule has 0 spiro atoms. The lowest BCUT2D eigenvalue weighted by atomic mass is 10.2. The quantitative estimate of drug-likeness (QED) is 0.465. The van der Waals surface area contributed by atoms with Crippen LogP contribution in [0.4, 0.5) is 0 Å². The normalized spacial score (nSPS) is 17.4. The van der Waals surface area contributed by atoms with Crippen molar-refractivity contribution in [3.63, 3.8) is 0 Å². The highest BCUT2D eigenvalue weighted by molar-refractivity contribution is 5.87. The Hall–Kier alpha value is -2.70. The van der Waals surface area contributed by atoms with Crippen LogP contribution in [0.5, 0.6) is 5.75 Å². The first-order chi connectivity index (χ1) is 14.6. The van der Waals surface area contributed by atoms with Gasteiger partial charge in [0.25, 0.3) is 0 Å². The fourth-order valence-corrected chi connectivity index (χ4v) is 3.27. The number of hydrogen-bond acceptors (Lipinski definition) is 6. The van der Waals surface area contributed by atoms with Gasteiger partial charge in [0.15, 0.2) is 0 Å². The van der Waals surface area contributed by atoms with E-state index in [4.69, 9.17) is 14.2 Å². The molecule has 2 heterocycles. The number of nitrogens with zero attached hydrogens (tertiary/aromatic N) is 2. The molecule has 1 aliphatic rings. The number of carbonyl (C=O) groups excluding carboxylic acids is 1. The summed E-state index contributed by atoms with van der Waals surface area (Å²) in [5, 5.41) is 0. The van der Waals surface area contributed by atoms with Gasteiger partial charge in [-0.2, -0.15) is 0 Å². The molecule has 0 aliphatic carbocycles. The molecule has 1 atom stereocenters. The summed E-state index contributed by atoms with van der Waals surface area (Å²) in [7, 11) is 0. The number of pyridine rings is 1. The van der Waals surface area contributed by atoms with Gasteiger partial charge >= 0.3 is 5.97 Å². The van der Waals surface area contributed by atoms with E-state index in [0.29, 0.717) is 19.1 Å². The molecule has 1 saturated heterocycles. The molecule has 0 unspecified atom stereocenters. The Bertz CT molecular complexity index is 806. The minimum absolute atomic E-state index is 0.0645. The zero-order valence-corrected chi connectivity index (χ0v) is 17.7. The summed E-state index contributed by atoms with van der Waals surface area (Å²) in [6.07, 6.45) is 4.86. The molecule has 0 bridgehead atoms. The molecule has 0 saturated carbocycles. The maximum Gasteiger partial charge on any atom is 0.330 e. The fourth-order valence-electron chi connectivity index (χ4n) is 3.27. The third kappa shape index (κ3) is 7.61. The second-order valence-electron chi connectivity index (χ2n) is 7.79. The van der Waals surface area contributed by atoms with Crippen LogP contribution in [0.15, 0.2) is 54.7 Å². The van der Waals surface area contributed by atoms with Crippen molar-refractivity contribution >= 4 is 12.0 Å². The summed E-state index contributed by atoms with van der Waals surface area (Å²) in [6, 6.07) is 13.3. The fraction of sp³-hybridized carbons (Fsp3) is 0.417. The number of esters is 1. The van der Waals surface area contributed by atoms with Gasteiger partial charge in [-0.25, -0.2) is 4.79 Å². The summed E-state index contributed by atoms with van der Waals surface area (Å²) in [6.45, 7) is 8.55. The van der Waals surface area contributed by atoms with E-state index in [1.54, 1.807) is 12.3 Å². The van der Waals surface area contributed by atoms with Crippen molar-refractivity contribution in [3.8, 4) is 5.75 Å². The zero-order valence-electron chi connectivity index (χ0n) is 17.7. The van der Waals surface area contributed by atoms with Gasteiger partial charge in [0.05, 0.1) is 12.3 Å². The number of hydrogen-bond donors (Lipinski definition) is 0. The van der Waals surface area contributed by atoms with Gasteiger partial charge in [-0.3, -0.25) is 9.88 Å². The van der Waals surface area contributed by atoms with Crippen LogP contribution >= 0.6 is 0 Å². The molecule has 0 N–H and O–H groups in total. The van der Waals surface area contributed by atoms with Gasteiger partial charge in [-0.05, 0) is 41.8 Å². The zero-order chi connectivity index (χ0) is 21.2. The lowest BCUT2D eigenvalue weighted by molar-refractivity contribution is -0.144. The highest BCUT2D eigenvalue weighted by atomic mass is 16.6. The van der Waals surface area contributed by atoms with E-state index >= 15 is 0 Å². The second-order valence-corrected chi connectivity index (χ2v) is 7.79. The molecule has 3 rings (SSSR count). The van der Waals surface area contributed by atoms with Gasteiger partial charge in [-0.15, -0.1) is 0 Å². The van der Waals surface area contributed by atoms with Crippen LogP contribution in [0.3, 0.4) is 0 Å². The first-order valence-corrected chi connectivity index (χ1v) is 10.4. The predicted molar refractivity (Wildman–Crippen MR) is 116 cm³/mol. The monoisotopic (exact) mass is 410 g/mol. The molecular formula is C24H30N2O4. The van der Waals surface area contributed by atoms with E-state index in [1.807, 2.05) is 42.5 Å². The lowest BCUT2D eigenvalue weighted by Gasteiger charge is -2.33. The van der Waals surface area contributed by atoms with Crippen LogP contribution in [0.2, 0.25) is 0 Å². The Balaban J connectivity index is 1.40. The van der Waals surface area contributed by atoms with Crippen molar-refractivity contribution in [3.05, 3.63) is 66.0 Å². The molecule has 1 aliphatic heterocycles. The molecule has 6 nitrogen and oxygen atoms in total. The Kier molecular flexibility index (Phi) is 8.41. The molecule has 6 heteroatoms. The molecular weight excluding hydrogens is 380 g/mol. The topological polar surface area (TPSA) is 60.9 Å². The van der Waals surface area contributed by atoms with Crippen LogP contribution in [-0.2, 0) is 20.9 Å². The Morgan fingerprint density at radius 2 is 2.10 bits per heavy atom. The van der Waals surface area contributed by atoms with E-state index < -0.39 is 0 Å². The molecule has 30 heavy (non-hydrogen) atoms. The minimum Gasteiger partial charge on any atom is -0.487 e. The summed E-state index contributed by atoms with van der Waals surface area (Å²) in [4.78, 5) is 18.6. The average molecular weight is 411 g/mol. The van der Waals surface area contributed by atoms with Gasteiger partial charge in [-0.1, -0.05) is 32.0 Å². The molecule has 1 aromatic carbocycles. The number of morpholine rings is 1. The average Bonchev–Trinajstić information content (AvgIpc) is 2.76. The second kappa shape index (κ2) is 11.5. The van der Waals surface area contributed by atoms with Crippen molar-refractivity contribution in [2.24, 2.45) is 5.92 Å². The van der Waals surface area contributed by atoms with Gasteiger partial charge in [0.2, 0.25) is 0 Å². The standard InChI is InChI=1S/C24H30N2O4/c1-19(2)15-26-13-14-28-23(16-26)18-30-24(27)11-8-20-6-9-22(10-7-20)29-17-21-5-3-4-12-25-21/h3-12,19,23H,13-18H2,1-2H3/b11-8+/t23-/m0/s1. The van der Waals surface area contributed by atoms with E-state index in [-0.39, 0.29) is 18.7 Å². The first kappa shape index (κ1) is 22.0. The number of rotatable bonds is 9. The van der Waals surface area contributed by atoms with Crippen molar-refractivity contribution in [2.45, 2.75) is 26.6 Å². The number of aromatic nitrogens is 1. The van der Waals surface area contributed by atoms with Gasteiger partial charge in [0, 0.05) is 31.9 Å². The summed E-state index contributed by atoms with van der Waals surface area (Å²) in [5.41, 5.74) is 1.77. The van der Waals surface area contributed by atoms with Crippen LogP contribution < -0.4 is 4.74 Å². The number of ether oxygens (including phenoxy) is 3. The maximum atomic E-state index is 12.0. The minimum atomic E-state index is -0.366. The smallest absolute Gasteiger partial charge is 0.330 e. The SMILES string of the molecule is CC(C)CN1CCO[C@H](COC(=O)/C=C/c2ccc(OCc3ccccn3)cc2)C1. The van der Waals surface area contributed by atoms with Crippen molar-refractivity contribution in [1.29, 1.82) is 0 Å². The highest BCUT2D eigenvalue weighted by Gasteiger charge is 2.21. The van der Waals surface area contributed by atoms with Crippen molar-refractivity contribution in [1.82, 2.24) is 9.88 Å². The molecule has 1 fully saturated rings. The predicted octanol–water partition coefficient (Wildman–Crippen LogP) is 3.57. The Labute approximate surface area is 178 Å². The molecule has 0 amide bonds. The van der Waals surface area contributed by atoms with Crippen LogP contribution in [0, 0.1) is 5.92 Å². The lowest BCUT2D eigenvalue weighted by Crippen LogP contribution is -2.45. The molecule has 160 valence electrons. The Morgan fingerprint density at radius 1 is 1.27 bits per heavy atom. The summed E-state index contributed by atoms with van der Waals surface area (Å²) in [5.74, 6) is 0.997. The number of benzene rings is 1. The summed E-state index contributed by atoms with van der Waals surface area (Å²) >= 11 is 0. The third-order valence-electron chi connectivity index (χ3n) is 4.66. The largest absolute Gasteiger partial charge is 0.487 e. The van der Waals surface area contributed by atoms with Crippen LogP contribution in [0.1, 0.15) is 25.1 Å². The van der Waals surface area contributed by atoms with E-state index in [2.05, 4.69) is 23.7 Å².